The third kappa shape index (κ3) is 1.55. The van der Waals surface area contributed by atoms with Crippen LogP contribution in [0.1, 0.15) is 12.8 Å². The van der Waals surface area contributed by atoms with Crippen LogP contribution < -0.4 is 5.73 Å². The molecule has 7 nitrogen and oxygen atoms in total. The lowest BCUT2D eigenvalue weighted by atomic mass is 9.86. The van der Waals surface area contributed by atoms with Crippen LogP contribution in [0.25, 0.3) is 11.6 Å². The van der Waals surface area contributed by atoms with Gasteiger partial charge in [0.1, 0.15) is 0 Å². The van der Waals surface area contributed by atoms with Crippen LogP contribution in [-0.2, 0) is 17.2 Å². The third-order valence-corrected chi connectivity index (χ3v) is 3.45. The van der Waals surface area contributed by atoms with Crippen LogP contribution in [0.5, 0.6) is 0 Å². The van der Waals surface area contributed by atoms with Gasteiger partial charge in [0.2, 0.25) is 11.7 Å². The molecule has 7 heteroatoms. The molecule has 1 fully saturated rings. The van der Waals surface area contributed by atoms with Crippen LogP contribution in [0.2, 0.25) is 0 Å². The maximum Gasteiger partial charge on any atom is 0.238 e. The molecule has 96 valence electrons. The summed E-state index contributed by atoms with van der Waals surface area (Å²) in [6.45, 7) is 2.98. The number of aromatic nitrogens is 4. The van der Waals surface area contributed by atoms with Crippen molar-refractivity contribution in [3.63, 3.8) is 0 Å². The predicted molar refractivity (Wildman–Crippen MR) is 62.6 cm³/mol. The molecule has 1 saturated heterocycles. The first kappa shape index (κ1) is 11.4. The van der Waals surface area contributed by atoms with Crippen LogP contribution in [0, 0.1) is 0 Å². The predicted octanol–water partition coefficient (Wildman–Crippen LogP) is 0.0853. The minimum Gasteiger partial charge on any atom is -0.379 e. The Morgan fingerprint density at radius 1 is 1.56 bits per heavy atom. The lowest BCUT2D eigenvalue weighted by Gasteiger charge is -2.21. The van der Waals surface area contributed by atoms with Crippen molar-refractivity contribution in [1.29, 1.82) is 0 Å². The second-order valence-electron chi connectivity index (χ2n) is 4.82. The summed E-state index contributed by atoms with van der Waals surface area (Å²) >= 11 is 0. The zero-order valence-corrected chi connectivity index (χ0v) is 10.3. The molecular formula is C11H15N5O2. The number of imidazole rings is 1. The molecule has 0 aliphatic carbocycles. The first-order valence-corrected chi connectivity index (χ1v) is 5.76. The molecule has 2 N–H and O–H groups in total. The molecule has 0 amide bonds. The number of rotatable bonds is 2. The molecule has 1 aliphatic rings. The fourth-order valence-electron chi connectivity index (χ4n) is 2.04. The zero-order chi connectivity index (χ0) is 12.8. The Balaban J connectivity index is 1.97. The van der Waals surface area contributed by atoms with Crippen LogP contribution in [0.3, 0.4) is 0 Å². The largest absolute Gasteiger partial charge is 0.379 e. The molecule has 2 aromatic heterocycles. The van der Waals surface area contributed by atoms with Gasteiger partial charge in [0.05, 0.1) is 18.6 Å². The average Bonchev–Trinajstić information content (AvgIpc) is 3.01. The third-order valence-electron chi connectivity index (χ3n) is 3.45. The molecular weight excluding hydrogens is 234 g/mol. The molecule has 0 aromatic carbocycles. The SMILES string of the molecule is Cn1ccnc1-c1noc(C2(C)COCC2N)n1. The summed E-state index contributed by atoms with van der Waals surface area (Å²) in [4.78, 5) is 8.58. The highest BCUT2D eigenvalue weighted by Gasteiger charge is 2.44. The zero-order valence-electron chi connectivity index (χ0n) is 10.3. The van der Waals surface area contributed by atoms with Crippen molar-refractivity contribution in [3.05, 3.63) is 18.3 Å². The van der Waals surface area contributed by atoms with Gasteiger partial charge in [-0.1, -0.05) is 5.16 Å². The Morgan fingerprint density at radius 2 is 2.39 bits per heavy atom. The van der Waals surface area contributed by atoms with Gasteiger partial charge in [-0.2, -0.15) is 4.98 Å². The Bertz CT molecular complexity index is 563. The van der Waals surface area contributed by atoms with E-state index >= 15 is 0 Å². The second-order valence-corrected chi connectivity index (χ2v) is 4.82. The highest BCUT2D eigenvalue weighted by molar-refractivity contribution is 5.42. The minimum atomic E-state index is -0.420. The van der Waals surface area contributed by atoms with Crippen LogP contribution in [-0.4, -0.2) is 38.9 Å². The number of nitrogens with two attached hydrogens (primary N) is 1. The fraction of sp³-hybridized carbons (Fsp3) is 0.545. The van der Waals surface area contributed by atoms with E-state index in [1.807, 2.05) is 24.7 Å². The molecule has 0 spiro atoms. The Morgan fingerprint density at radius 3 is 3.00 bits per heavy atom. The molecule has 0 bridgehead atoms. The van der Waals surface area contributed by atoms with Crippen molar-refractivity contribution < 1.29 is 9.26 Å². The molecule has 2 atom stereocenters. The first-order valence-electron chi connectivity index (χ1n) is 5.76. The van der Waals surface area contributed by atoms with Crippen molar-refractivity contribution in [3.8, 4) is 11.6 Å². The van der Waals surface area contributed by atoms with Gasteiger partial charge in [0.15, 0.2) is 5.82 Å². The quantitative estimate of drug-likeness (QED) is 0.810. The molecule has 1 aliphatic heterocycles. The number of nitrogens with zero attached hydrogens (tertiary/aromatic N) is 4. The summed E-state index contributed by atoms with van der Waals surface area (Å²) in [6.07, 6.45) is 3.52. The average molecular weight is 249 g/mol. The van der Waals surface area contributed by atoms with Crippen molar-refractivity contribution in [2.75, 3.05) is 13.2 Å². The standard InChI is InChI=1S/C11H15N5O2/c1-11(6-17-5-7(11)12)10-14-8(15-18-10)9-13-3-4-16(9)2/h3-4,7H,5-6,12H2,1-2H3. The summed E-state index contributed by atoms with van der Waals surface area (Å²) < 4.78 is 12.5. The maximum absolute atomic E-state index is 6.03. The number of hydrogen-bond acceptors (Lipinski definition) is 6. The van der Waals surface area contributed by atoms with Gasteiger partial charge in [-0.05, 0) is 6.92 Å². The molecule has 2 aromatic rings. The lowest BCUT2D eigenvalue weighted by Crippen LogP contribution is -2.42. The van der Waals surface area contributed by atoms with Crippen LogP contribution in [0.4, 0.5) is 0 Å². The summed E-state index contributed by atoms with van der Waals surface area (Å²) in [6, 6.07) is -0.132. The number of aryl methyl sites for hydroxylation is 1. The van der Waals surface area contributed by atoms with Gasteiger partial charge in [-0.3, -0.25) is 0 Å². The normalized spacial score (nSPS) is 27.8. The van der Waals surface area contributed by atoms with E-state index in [4.69, 9.17) is 15.0 Å². The molecule has 3 rings (SSSR count). The highest BCUT2D eigenvalue weighted by Crippen LogP contribution is 2.31. The summed E-state index contributed by atoms with van der Waals surface area (Å²) in [7, 11) is 1.88. The van der Waals surface area contributed by atoms with Gasteiger partial charge in [0, 0.05) is 25.5 Å². The van der Waals surface area contributed by atoms with E-state index in [9.17, 15) is 0 Å². The van der Waals surface area contributed by atoms with Gasteiger partial charge >= 0.3 is 0 Å². The van der Waals surface area contributed by atoms with E-state index in [1.165, 1.54) is 0 Å². The van der Waals surface area contributed by atoms with Gasteiger partial charge in [0.25, 0.3) is 0 Å². The summed E-state index contributed by atoms with van der Waals surface area (Å²) in [5.41, 5.74) is 5.61. The molecule has 18 heavy (non-hydrogen) atoms. The Kier molecular flexibility index (Phi) is 2.46. The molecule has 0 saturated carbocycles. The monoisotopic (exact) mass is 249 g/mol. The van der Waals surface area contributed by atoms with Gasteiger partial charge < -0.3 is 19.6 Å². The van der Waals surface area contributed by atoms with Crippen LogP contribution >= 0.6 is 0 Å². The topological polar surface area (TPSA) is 92.0 Å². The van der Waals surface area contributed by atoms with E-state index < -0.39 is 5.41 Å². The van der Waals surface area contributed by atoms with Crippen molar-refractivity contribution in [2.45, 2.75) is 18.4 Å². The van der Waals surface area contributed by atoms with Crippen LogP contribution in [0.15, 0.2) is 16.9 Å². The van der Waals surface area contributed by atoms with E-state index in [0.717, 1.165) is 0 Å². The van der Waals surface area contributed by atoms with Gasteiger partial charge in [-0.15, -0.1) is 0 Å². The van der Waals surface area contributed by atoms with E-state index in [0.29, 0.717) is 30.8 Å². The second kappa shape index (κ2) is 3.89. The molecule has 0 radical (unpaired) electrons. The maximum atomic E-state index is 6.03. The minimum absolute atomic E-state index is 0.132. The van der Waals surface area contributed by atoms with Crippen molar-refractivity contribution in [2.24, 2.45) is 12.8 Å². The first-order chi connectivity index (χ1) is 8.61. The van der Waals surface area contributed by atoms with E-state index in [1.54, 1.807) is 6.20 Å². The van der Waals surface area contributed by atoms with E-state index in [-0.39, 0.29) is 6.04 Å². The number of ether oxygens (including phenoxy) is 1. The number of hydrogen-bond donors (Lipinski definition) is 1. The molecule has 2 unspecified atom stereocenters. The lowest BCUT2D eigenvalue weighted by molar-refractivity contribution is 0.169. The molecule has 3 heterocycles. The smallest absolute Gasteiger partial charge is 0.238 e. The Hall–Kier alpha value is -1.73. The van der Waals surface area contributed by atoms with Crippen molar-refractivity contribution in [1.82, 2.24) is 19.7 Å². The summed E-state index contributed by atoms with van der Waals surface area (Å²) in [5.74, 6) is 1.64. The summed E-state index contributed by atoms with van der Waals surface area (Å²) in [5, 5.41) is 3.96. The van der Waals surface area contributed by atoms with Crippen molar-refractivity contribution >= 4 is 0 Å². The highest BCUT2D eigenvalue weighted by atomic mass is 16.5. The van der Waals surface area contributed by atoms with E-state index in [2.05, 4.69) is 15.1 Å². The van der Waals surface area contributed by atoms with Gasteiger partial charge in [-0.25, -0.2) is 4.98 Å². The Labute approximate surface area is 104 Å². The fourth-order valence-corrected chi connectivity index (χ4v) is 2.04.